The molecule has 2 rings (SSSR count). The number of ether oxygens (including phenoxy) is 3. The number of benzene rings is 2. The van der Waals surface area contributed by atoms with Crippen LogP contribution in [0.2, 0.25) is 0 Å². The number of nitrogens with one attached hydrogen (secondary N) is 1. The molecule has 0 aliphatic heterocycles. The minimum Gasteiger partial charge on any atom is -0.493 e. The number of allylic oxidation sites excluding steroid dienone is 1. The highest BCUT2D eigenvalue weighted by molar-refractivity contribution is 5.95. The highest BCUT2D eigenvalue weighted by Crippen LogP contribution is 2.33. The number of carbonyl (C=O) groups excluding carboxylic acids is 1. The van der Waals surface area contributed by atoms with Crippen molar-refractivity contribution in [1.29, 1.82) is 0 Å². The van der Waals surface area contributed by atoms with E-state index >= 15 is 0 Å². The molecule has 1 N–H and O–H groups in total. The maximum atomic E-state index is 12.6. The van der Waals surface area contributed by atoms with Crippen LogP contribution in [0.1, 0.15) is 21.5 Å². The van der Waals surface area contributed by atoms with Crippen molar-refractivity contribution in [2.45, 2.75) is 19.1 Å². The molecule has 0 spiro atoms. The third-order valence-electron chi connectivity index (χ3n) is 3.94. The van der Waals surface area contributed by atoms with Crippen LogP contribution >= 0.6 is 0 Å². The van der Waals surface area contributed by atoms with Crippen LogP contribution in [0.5, 0.6) is 17.2 Å². The highest BCUT2D eigenvalue weighted by Gasteiger charge is 2.28. The lowest BCUT2D eigenvalue weighted by Gasteiger charge is -2.14. The molecule has 0 heterocycles. The predicted molar refractivity (Wildman–Crippen MR) is 103 cm³/mol. The number of hydrogen-bond donors (Lipinski definition) is 1. The van der Waals surface area contributed by atoms with Gasteiger partial charge < -0.3 is 19.5 Å². The molecule has 0 saturated carbocycles. The van der Waals surface area contributed by atoms with Crippen LogP contribution in [-0.2, 0) is 13.0 Å². The molecule has 0 fully saturated rings. The molecule has 0 aliphatic carbocycles. The number of halogens is 3. The number of methoxy groups -OCH3 is 2. The van der Waals surface area contributed by atoms with Crippen molar-refractivity contribution >= 4 is 5.91 Å². The van der Waals surface area contributed by atoms with Gasteiger partial charge >= 0.3 is 6.18 Å². The van der Waals surface area contributed by atoms with Gasteiger partial charge in [0.25, 0.3) is 5.91 Å². The fraction of sp³-hybridized carbons (Fsp3) is 0.286. The zero-order valence-electron chi connectivity index (χ0n) is 16.1. The van der Waals surface area contributed by atoms with E-state index < -0.39 is 12.8 Å². The predicted octanol–water partition coefficient (Wildman–Crippen LogP) is 4.30. The van der Waals surface area contributed by atoms with Gasteiger partial charge in [-0.15, -0.1) is 6.58 Å². The van der Waals surface area contributed by atoms with E-state index in [1.807, 2.05) is 0 Å². The number of amides is 1. The monoisotopic (exact) mass is 409 g/mol. The lowest BCUT2D eigenvalue weighted by Crippen LogP contribution is -2.23. The van der Waals surface area contributed by atoms with Gasteiger partial charge in [-0.25, -0.2) is 0 Å². The second kappa shape index (κ2) is 9.86. The van der Waals surface area contributed by atoms with E-state index in [-0.39, 0.29) is 18.2 Å². The normalized spacial score (nSPS) is 10.9. The summed E-state index contributed by atoms with van der Waals surface area (Å²) in [6.07, 6.45) is -2.24. The molecule has 0 radical (unpaired) electrons. The van der Waals surface area contributed by atoms with E-state index in [0.29, 0.717) is 29.0 Å². The van der Waals surface area contributed by atoms with E-state index in [9.17, 15) is 18.0 Å². The molecule has 5 nitrogen and oxygen atoms in total. The quantitative estimate of drug-likeness (QED) is 0.628. The lowest BCUT2D eigenvalue weighted by molar-refractivity contribution is -0.153. The molecule has 2 aromatic rings. The first-order valence-corrected chi connectivity index (χ1v) is 8.70. The molecular formula is C21H22F3NO4. The van der Waals surface area contributed by atoms with Crippen LogP contribution in [0.15, 0.2) is 49.1 Å². The van der Waals surface area contributed by atoms with E-state index in [2.05, 4.69) is 11.9 Å². The Kier molecular flexibility index (Phi) is 7.52. The van der Waals surface area contributed by atoms with Gasteiger partial charge in [-0.3, -0.25) is 4.79 Å². The van der Waals surface area contributed by atoms with Gasteiger partial charge in [0.05, 0.1) is 14.2 Å². The Labute approximate surface area is 167 Å². The van der Waals surface area contributed by atoms with Gasteiger partial charge in [0.15, 0.2) is 18.1 Å². The van der Waals surface area contributed by atoms with Crippen LogP contribution in [0.4, 0.5) is 13.2 Å². The van der Waals surface area contributed by atoms with Crippen LogP contribution in [0.25, 0.3) is 0 Å². The Morgan fingerprint density at radius 1 is 1.17 bits per heavy atom. The van der Waals surface area contributed by atoms with Crippen molar-refractivity contribution < 1.29 is 32.2 Å². The highest BCUT2D eigenvalue weighted by atomic mass is 19.4. The van der Waals surface area contributed by atoms with Crippen molar-refractivity contribution in [3.63, 3.8) is 0 Å². The largest absolute Gasteiger partial charge is 0.493 e. The first-order chi connectivity index (χ1) is 13.8. The number of carbonyl (C=O) groups is 1. The second-order valence-corrected chi connectivity index (χ2v) is 6.10. The molecule has 0 aliphatic rings. The van der Waals surface area contributed by atoms with Crippen molar-refractivity contribution in [1.82, 2.24) is 5.32 Å². The van der Waals surface area contributed by atoms with Gasteiger partial charge in [-0.2, -0.15) is 13.2 Å². The fourth-order valence-electron chi connectivity index (χ4n) is 2.68. The zero-order valence-corrected chi connectivity index (χ0v) is 16.1. The summed E-state index contributed by atoms with van der Waals surface area (Å²) in [5.74, 6) is 0.657. The zero-order chi connectivity index (χ0) is 21.4. The topological polar surface area (TPSA) is 56.8 Å². The standard InChI is InChI=1S/C21H22F3NO4/c1-4-6-15-10-16(11-18(27-2)19(15)28-3)20(26)25-12-14-7-5-8-17(9-14)29-13-21(22,23)24/h4-5,7-11H,1,6,12-13H2,2-3H3,(H,25,26). The van der Waals surface area contributed by atoms with Crippen LogP contribution < -0.4 is 19.5 Å². The molecule has 0 bridgehead atoms. The third-order valence-corrected chi connectivity index (χ3v) is 3.94. The number of hydrogen-bond acceptors (Lipinski definition) is 4. The summed E-state index contributed by atoms with van der Waals surface area (Å²) < 4.78 is 52.2. The summed E-state index contributed by atoms with van der Waals surface area (Å²) in [5.41, 5.74) is 1.71. The Bertz CT molecular complexity index is 865. The summed E-state index contributed by atoms with van der Waals surface area (Å²) in [4.78, 5) is 12.6. The number of alkyl halides is 3. The van der Waals surface area contributed by atoms with Gasteiger partial charge in [0.1, 0.15) is 5.75 Å². The SMILES string of the molecule is C=CCc1cc(C(=O)NCc2cccc(OCC(F)(F)F)c2)cc(OC)c1OC. The maximum Gasteiger partial charge on any atom is 0.422 e. The second-order valence-electron chi connectivity index (χ2n) is 6.10. The maximum absolute atomic E-state index is 12.6. The molecule has 2 aromatic carbocycles. The summed E-state index contributed by atoms with van der Waals surface area (Å²) in [6, 6.07) is 9.35. The molecule has 0 aromatic heterocycles. The summed E-state index contributed by atoms with van der Waals surface area (Å²) in [6.45, 7) is 2.44. The Balaban J connectivity index is 2.11. The van der Waals surface area contributed by atoms with Crippen molar-refractivity contribution in [3.05, 3.63) is 65.7 Å². The number of rotatable bonds is 9. The average molecular weight is 409 g/mol. The van der Waals surface area contributed by atoms with E-state index in [4.69, 9.17) is 14.2 Å². The molecule has 0 unspecified atom stereocenters. The molecule has 0 saturated heterocycles. The van der Waals surface area contributed by atoms with Crippen LogP contribution in [0, 0.1) is 0 Å². The van der Waals surface area contributed by atoms with Gasteiger partial charge in [-0.05, 0) is 36.2 Å². The molecule has 1 amide bonds. The molecule has 8 heteroatoms. The summed E-state index contributed by atoms with van der Waals surface area (Å²) >= 11 is 0. The Morgan fingerprint density at radius 3 is 2.55 bits per heavy atom. The average Bonchev–Trinajstić information content (AvgIpc) is 2.70. The van der Waals surface area contributed by atoms with Gasteiger partial charge in [-0.1, -0.05) is 18.2 Å². The fourth-order valence-corrected chi connectivity index (χ4v) is 2.68. The van der Waals surface area contributed by atoms with Crippen LogP contribution in [0.3, 0.4) is 0 Å². The molecule has 0 atom stereocenters. The van der Waals surface area contributed by atoms with Gasteiger partial charge in [0.2, 0.25) is 0 Å². The van der Waals surface area contributed by atoms with E-state index in [0.717, 1.165) is 5.56 Å². The third kappa shape index (κ3) is 6.44. The molecule has 156 valence electrons. The summed E-state index contributed by atoms with van der Waals surface area (Å²) in [5, 5.41) is 2.73. The van der Waals surface area contributed by atoms with Crippen molar-refractivity contribution in [2.75, 3.05) is 20.8 Å². The molecular weight excluding hydrogens is 387 g/mol. The minimum atomic E-state index is -4.42. The van der Waals surface area contributed by atoms with Crippen LogP contribution in [-0.4, -0.2) is 32.9 Å². The Morgan fingerprint density at radius 2 is 1.93 bits per heavy atom. The van der Waals surface area contributed by atoms with E-state index in [1.54, 1.807) is 30.3 Å². The van der Waals surface area contributed by atoms with E-state index in [1.165, 1.54) is 26.4 Å². The Hall–Kier alpha value is -3.16. The van der Waals surface area contributed by atoms with Crippen molar-refractivity contribution in [3.8, 4) is 17.2 Å². The minimum absolute atomic E-state index is 0.0773. The summed E-state index contributed by atoms with van der Waals surface area (Å²) in [7, 11) is 2.99. The molecule has 29 heavy (non-hydrogen) atoms. The van der Waals surface area contributed by atoms with Crippen molar-refractivity contribution in [2.24, 2.45) is 0 Å². The van der Waals surface area contributed by atoms with Gasteiger partial charge in [0, 0.05) is 17.7 Å². The first kappa shape index (κ1) is 22.1. The smallest absolute Gasteiger partial charge is 0.422 e. The first-order valence-electron chi connectivity index (χ1n) is 8.70. The lowest BCUT2D eigenvalue weighted by atomic mass is 10.0.